The van der Waals surface area contributed by atoms with E-state index in [1.54, 1.807) is 30.5 Å². The van der Waals surface area contributed by atoms with Gasteiger partial charge in [-0.2, -0.15) is 0 Å². The Bertz CT molecular complexity index is 851. The van der Waals surface area contributed by atoms with E-state index in [1.165, 1.54) is 6.26 Å². The van der Waals surface area contributed by atoms with Gasteiger partial charge in [0.15, 0.2) is 12.0 Å². The third kappa shape index (κ3) is 3.89. The van der Waals surface area contributed by atoms with Crippen molar-refractivity contribution in [2.24, 2.45) is 0 Å². The van der Waals surface area contributed by atoms with E-state index in [4.69, 9.17) is 8.83 Å². The molecular formula is C20H21N3O4. The van der Waals surface area contributed by atoms with Crippen molar-refractivity contribution in [1.29, 1.82) is 0 Å². The lowest BCUT2D eigenvalue weighted by molar-refractivity contribution is -0.0169. The van der Waals surface area contributed by atoms with Gasteiger partial charge in [0.2, 0.25) is 0 Å². The summed E-state index contributed by atoms with van der Waals surface area (Å²) in [5.41, 5.74) is 1.80. The van der Waals surface area contributed by atoms with Gasteiger partial charge in [0, 0.05) is 37.6 Å². The van der Waals surface area contributed by atoms with Crippen molar-refractivity contribution in [3.05, 3.63) is 72.6 Å². The van der Waals surface area contributed by atoms with Crippen molar-refractivity contribution < 1.29 is 18.7 Å². The van der Waals surface area contributed by atoms with Gasteiger partial charge in [-0.1, -0.05) is 0 Å². The number of amides is 1. The molecule has 1 fully saturated rings. The van der Waals surface area contributed by atoms with E-state index in [2.05, 4.69) is 10.2 Å². The van der Waals surface area contributed by atoms with Gasteiger partial charge in [0.05, 0.1) is 12.5 Å². The molecule has 0 spiro atoms. The second-order valence-electron chi connectivity index (χ2n) is 6.39. The molecular weight excluding hydrogens is 346 g/mol. The van der Waals surface area contributed by atoms with E-state index in [-0.39, 0.29) is 11.7 Å². The maximum atomic E-state index is 12.0. The Labute approximate surface area is 156 Å². The number of piperazine rings is 1. The van der Waals surface area contributed by atoms with Crippen LogP contribution in [0.25, 0.3) is 0 Å². The lowest BCUT2D eigenvalue weighted by atomic mass is 10.2. The van der Waals surface area contributed by atoms with Crippen LogP contribution in [0.2, 0.25) is 0 Å². The minimum atomic E-state index is -0.707. The number of carbonyl (C=O) groups is 1. The number of nitrogens with zero attached hydrogens (tertiary/aromatic N) is 2. The molecule has 7 heteroatoms. The molecule has 1 atom stereocenters. The molecule has 1 aliphatic heterocycles. The average molecular weight is 367 g/mol. The van der Waals surface area contributed by atoms with Crippen LogP contribution < -0.4 is 10.2 Å². The topological polar surface area (TPSA) is 82.1 Å². The second kappa shape index (κ2) is 7.69. The standard InChI is InChI=1S/C20H21N3O4/c24-19(17-3-1-13-26-17)21-15-5-7-16(8-6-15)22-9-11-23(12-10-22)20(25)18-4-2-14-27-18/h1-8,13-14,20,25H,9-12H2,(H,21,24). The Morgan fingerprint density at radius 3 is 2.30 bits per heavy atom. The van der Waals surface area contributed by atoms with E-state index in [9.17, 15) is 9.90 Å². The fourth-order valence-electron chi connectivity index (χ4n) is 3.20. The molecule has 1 unspecified atom stereocenters. The third-order valence-corrected chi connectivity index (χ3v) is 4.69. The minimum absolute atomic E-state index is 0.270. The molecule has 4 rings (SSSR count). The first kappa shape index (κ1) is 17.4. The highest BCUT2D eigenvalue weighted by Crippen LogP contribution is 2.24. The zero-order valence-electron chi connectivity index (χ0n) is 14.7. The molecule has 2 aromatic heterocycles. The molecule has 2 N–H and O–H groups in total. The molecule has 0 radical (unpaired) electrons. The van der Waals surface area contributed by atoms with Crippen LogP contribution >= 0.6 is 0 Å². The molecule has 0 bridgehead atoms. The molecule has 3 aromatic rings. The van der Waals surface area contributed by atoms with Gasteiger partial charge in [-0.3, -0.25) is 9.69 Å². The predicted octanol–water partition coefficient (Wildman–Crippen LogP) is 2.94. The van der Waals surface area contributed by atoms with E-state index in [0.29, 0.717) is 11.4 Å². The number of carbonyl (C=O) groups excluding carboxylic acids is 1. The molecule has 140 valence electrons. The molecule has 3 heterocycles. The molecule has 1 amide bonds. The monoisotopic (exact) mass is 367 g/mol. The number of furan rings is 2. The summed E-state index contributed by atoms with van der Waals surface area (Å²) in [5, 5.41) is 13.2. The molecule has 0 aliphatic carbocycles. The number of hydrogen-bond acceptors (Lipinski definition) is 6. The summed E-state index contributed by atoms with van der Waals surface area (Å²) < 4.78 is 10.4. The summed E-state index contributed by atoms with van der Waals surface area (Å²) in [5.74, 6) is 0.582. The first-order valence-corrected chi connectivity index (χ1v) is 8.86. The molecule has 1 aromatic carbocycles. The normalized spacial score (nSPS) is 16.3. The van der Waals surface area contributed by atoms with Crippen LogP contribution in [0.1, 0.15) is 22.5 Å². The summed E-state index contributed by atoms with van der Waals surface area (Å²) in [6, 6.07) is 14.6. The van der Waals surface area contributed by atoms with E-state index < -0.39 is 6.23 Å². The summed E-state index contributed by atoms with van der Waals surface area (Å²) in [7, 11) is 0. The average Bonchev–Trinajstić information content (AvgIpc) is 3.42. The number of aliphatic hydroxyl groups is 1. The number of aliphatic hydroxyl groups excluding tert-OH is 1. The first-order chi connectivity index (χ1) is 13.2. The molecule has 7 nitrogen and oxygen atoms in total. The molecule has 27 heavy (non-hydrogen) atoms. The van der Waals surface area contributed by atoms with Crippen LogP contribution in [-0.2, 0) is 0 Å². The second-order valence-corrected chi connectivity index (χ2v) is 6.39. The minimum Gasteiger partial charge on any atom is -0.465 e. The van der Waals surface area contributed by atoms with E-state index in [1.807, 2.05) is 29.2 Å². The predicted molar refractivity (Wildman–Crippen MR) is 101 cm³/mol. The number of hydrogen-bond donors (Lipinski definition) is 2. The van der Waals surface area contributed by atoms with Crippen LogP contribution in [0.3, 0.4) is 0 Å². The number of benzene rings is 1. The van der Waals surface area contributed by atoms with Crippen molar-refractivity contribution >= 4 is 17.3 Å². The van der Waals surface area contributed by atoms with Gasteiger partial charge in [-0.15, -0.1) is 0 Å². The number of rotatable bonds is 5. The summed E-state index contributed by atoms with van der Waals surface area (Å²) >= 11 is 0. The van der Waals surface area contributed by atoms with Crippen LogP contribution in [0.15, 0.2) is 69.9 Å². The maximum Gasteiger partial charge on any atom is 0.291 e. The van der Waals surface area contributed by atoms with E-state index >= 15 is 0 Å². The smallest absolute Gasteiger partial charge is 0.291 e. The first-order valence-electron chi connectivity index (χ1n) is 8.86. The highest BCUT2D eigenvalue weighted by molar-refractivity contribution is 6.02. The fraction of sp³-hybridized carbons (Fsp3) is 0.250. The Balaban J connectivity index is 1.33. The Kier molecular flexibility index (Phi) is 4.95. The number of nitrogens with one attached hydrogen (secondary N) is 1. The SMILES string of the molecule is O=C(Nc1ccc(N2CCN(C(O)c3ccco3)CC2)cc1)c1ccco1. The van der Waals surface area contributed by atoms with Crippen molar-refractivity contribution in [3.8, 4) is 0 Å². The van der Waals surface area contributed by atoms with E-state index in [0.717, 1.165) is 31.9 Å². The summed E-state index contributed by atoms with van der Waals surface area (Å²) in [4.78, 5) is 16.3. The quantitative estimate of drug-likeness (QED) is 0.722. The maximum absolute atomic E-state index is 12.0. The fourth-order valence-corrected chi connectivity index (χ4v) is 3.20. The van der Waals surface area contributed by atoms with Crippen molar-refractivity contribution in [1.82, 2.24) is 4.90 Å². The largest absolute Gasteiger partial charge is 0.465 e. The van der Waals surface area contributed by atoms with Gasteiger partial charge < -0.3 is 24.2 Å². The van der Waals surface area contributed by atoms with Gasteiger partial charge in [0.1, 0.15) is 5.76 Å². The number of anilines is 2. The van der Waals surface area contributed by atoms with Crippen molar-refractivity contribution in [3.63, 3.8) is 0 Å². The summed E-state index contributed by atoms with van der Waals surface area (Å²) in [6.07, 6.45) is 2.34. The molecule has 0 saturated carbocycles. The zero-order valence-corrected chi connectivity index (χ0v) is 14.7. The van der Waals surface area contributed by atoms with Crippen LogP contribution in [0.4, 0.5) is 11.4 Å². The molecule has 1 aliphatic rings. The van der Waals surface area contributed by atoms with Gasteiger partial charge in [-0.05, 0) is 48.5 Å². The summed E-state index contributed by atoms with van der Waals surface area (Å²) in [6.45, 7) is 3.07. The van der Waals surface area contributed by atoms with Gasteiger partial charge >= 0.3 is 0 Å². The lowest BCUT2D eigenvalue weighted by Crippen LogP contribution is -2.47. The van der Waals surface area contributed by atoms with Crippen LogP contribution in [0, 0.1) is 0 Å². The third-order valence-electron chi connectivity index (χ3n) is 4.69. The van der Waals surface area contributed by atoms with Gasteiger partial charge in [0.25, 0.3) is 5.91 Å². The van der Waals surface area contributed by atoms with Crippen LogP contribution in [-0.4, -0.2) is 42.1 Å². The van der Waals surface area contributed by atoms with Crippen LogP contribution in [0.5, 0.6) is 0 Å². The Hall–Kier alpha value is -3.03. The molecule has 1 saturated heterocycles. The highest BCUT2D eigenvalue weighted by Gasteiger charge is 2.25. The Morgan fingerprint density at radius 2 is 1.67 bits per heavy atom. The van der Waals surface area contributed by atoms with Gasteiger partial charge in [-0.25, -0.2) is 0 Å². The highest BCUT2D eigenvalue weighted by atomic mass is 16.4. The van der Waals surface area contributed by atoms with Crippen molar-refractivity contribution in [2.45, 2.75) is 6.23 Å². The zero-order chi connectivity index (χ0) is 18.6. The Morgan fingerprint density at radius 1 is 0.963 bits per heavy atom. The van der Waals surface area contributed by atoms with Crippen molar-refractivity contribution in [2.75, 3.05) is 36.4 Å². The lowest BCUT2D eigenvalue weighted by Gasteiger charge is -2.37.